The van der Waals surface area contributed by atoms with Gasteiger partial charge in [-0.2, -0.15) is 0 Å². The zero-order valence-corrected chi connectivity index (χ0v) is 10.1. The van der Waals surface area contributed by atoms with E-state index in [0.29, 0.717) is 12.5 Å². The second kappa shape index (κ2) is 5.36. The van der Waals surface area contributed by atoms with Crippen LogP contribution in [0.2, 0.25) is 0 Å². The van der Waals surface area contributed by atoms with Crippen LogP contribution in [-0.4, -0.2) is 24.2 Å². The summed E-state index contributed by atoms with van der Waals surface area (Å²) in [5, 5.41) is 11.7. The van der Waals surface area contributed by atoms with Crippen molar-refractivity contribution in [3.63, 3.8) is 0 Å². The molecular formula is C13H19NO3. The van der Waals surface area contributed by atoms with Crippen LogP contribution >= 0.6 is 0 Å². The van der Waals surface area contributed by atoms with Crippen LogP contribution in [0.3, 0.4) is 0 Å². The Morgan fingerprint density at radius 2 is 2.53 bits per heavy atom. The van der Waals surface area contributed by atoms with Gasteiger partial charge in [-0.25, -0.2) is 0 Å². The topological polar surface area (TPSA) is 62.5 Å². The lowest BCUT2D eigenvalue weighted by atomic mass is 10.1. The summed E-state index contributed by atoms with van der Waals surface area (Å²) in [5.41, 5.74) is 0. The molecule has 1 aliphatic rings. The fraction of sp³-hybridized carbons (Fsp3) is 0.615. The predicted molar refractivity (Wildman–Crippen MR) is 63.4 cm³/mol. The van der Waals surface area contributed by atoms with Gasteiger partial charge in [-0.3, -0.25) is 4.79 Å². The highest BCUT2D eigenvalue weighted by molar-refractivity contribution is 5.82. The first kappa shape index (κ1) is 12.2. The zero-order chi connectivity index (χ0) is 12.3. The van der Waals surface area contributed by atoms with Crippen LogP contribution in [-0.2, 0) is 4.79 Å². The van der Waals surface area contributed by atoms with Gasteiger partial charge in [0.05, 0.1) is 6.26 Å². The molecule has 1 saturated carbocycles. The fourth-order valence-electron chi connectivity index (χ4n) is 2.03. The standard InChI is InChI=1S/C13H19NO3/c1-9(4-5-15)8-14-13(16)11-7-10(11)12-3-2-6-17-12/h2-3,6,9-11,15H,4-5,7-8H2,1H3,(H,14,16). The van der Waals surface area contributed by atoms with Crippen molar-refractivity contribution in [1.82, 2.24) is 5.32 Å². The molecule has 1 aromatic heterocycles. The number of hydrogen-bond acceptors (Lipinski definition) is 3. The maximum atomic E-state index is 11.8. The summed E-state index contributed by atoms with van der Waals surface area (Å²) in [5.74, 6) is 1.68. The number of carbonyl (C=O) groups excluding carboxylic acids is 1. The highest BCUT2D eigenvalue weighted by Crippen LogP contribution is 2.47. The minimum Gasteiger partial charge on any atom is -0.469 e. The molecule has 1 aliphatic carbocycles. The van der Waals surface area contributed by atoms with Gasteiger partial charge in [0.15, 0.2) is 0 Å². The molecule has 3 unspecified atom stereocenters. The van der Waals surface area contributed by atoms with Gasteiger partial charge in [-0.05, 0) is 30.9 Å². The normalized spacial score (nSPS) is 24.4. The van der Waals surface area contributed by atoms with Gasteiger partial charge in [0.2, 0.25) is 5.91 Å². The van der Waals surface area contributed by atoms with Crippen molar-refractivity contribution >= 4 is 5.91 Å². The highest BCUT2D eigenvalue weighted by atomic mass is 16.3. The molecule has 4 heteroatoms. The molecule has 17 heavy (non-hydrogen) atoms. The smallest absolute Gasteiger partial charge is 0.223 e. The summed E-state index contributed by atoms with van der Waals surface area (Å²) in [4.78, 5) is 11.8. The lowest BCUT2D eigenvalue weighted by Gasteiger charge is -2.10. The number of amides is 1. The molecule has 1 aromatic rings. The molecule has 4 nitrogen and oxygen atoms in total. The Bertz CT molecular complexity index is 361. The molecule has 0 bridgehead atoms. The number of furan rings is 1. The monoisotopic (exact) mass is 237 g/mol. The van der Waals surface area contributed by atoms with Crippen molar-refractivity contribution < 1.29 is 14.3 Å². The largest absolute Gasteiger partial charge is 0.469 e. The molecule has 0 spiro atoms. The molecule has 2 rings (SSSR count). The van der Waals surface area contributed by atoms with E-state index in [2.05, 4.69) is 5.32 Å². The van der Waals surface area contributed by atoms with Crippen LogP contribution < -0.4 is 5.32 Å². The SMILES string of the molecule is CC(CCO)CNC(=O)C1CC1c1ccco1. The van der Waals surface area contributed by atoms with E-state index in [4.69, 9.17) is 9.52 Å². The first-order valence-corrected chi connectivity index (χ1v) is 6.14. The van der Waals surface area contributed by atoms with Crippen molar-refractivity contribution in [3.8, 4) is 0 Å². The molecule has 3 atom stereocenters. The summed E-state index contributed by atoms with van der Waals surface area (Å²) < 4.78 is 5.29. The zero-order valence-electron chi connectivity index (χ0n) is 10.1. The third kappa shape index (κ3) is 3.09. The molecule has 1 fully saturated rings. The van der Waals surface area contributed by atoms with Crippen molar-refractivity contribution in [2.24, 2.45) is 11.8 Å². The molecule has 2 N–H and O–H groups in total. The average Bonchev–Trinajstić information content (AvgIpc) is 2.93. The minimum absolute atomic E-state index is 0.0717. The van der Waals surface area contributed by atoms with E-state index in [1.807, 2.05) is 19.1 Å². The minimum atomic E-state index is 0.0717. The Kier molecular flexibility index (Phi) is 3.84. The lowest BCUT2D eigenvalue weighted by Crippen LogP contribution is -2.30. The maximum Gasteiger partial charge on any atom is 0.223 e. The summed E-state index contributed by atoms with van der Waals surface area (Å²) in [7, 11) is 0. The van der Waals surface area contributed by atoms with E-state index < -0.39 is 0 Å². The number of carbonyl (C=O) groups is 1. The van der Waals surface area contributed by atoms with Crippen molar-refractivity contribution in [2.45, 2.75) is 25.7 Å². The Morgan fingerprint density at radius 3 is 3.18 bits per heavy atom. The number of nitrogens with one attached hydrogen (secondary N) is 1. The molecule has 0 aliphatic heterocycles. The number of rotatable bonds is 6. The molecule has 0 saturated heterocycles. The highest BCUT2D eigenvalue weighted by Gasteiger charge is 2.45. The van der Waals surface area contributed by atoms with Crippen LogP contribution in [0.5, 0.6) is 0 Å². The Morgan fingerprint density at radius 1 is 1.71 bits per heavy atom. The van der Waals surface area contributed by atoms with Crippen LogP contribution in [0.4, 0.5) is 0 Å². The molecule has 1 heterocycles. The van der Waals surface area contributed by atoms with Gasteiger partial charge in [-0.1, -0.05) is 6.92 Å². The third-order valence-electron chi connectivity index (χ3n) is 3.28. The predicted octanol–water partition coefficient (Wildman–Crippen LogP) is 1.52. The number of hydrogen-bond donors (Lipinski definition) is 2. The van der Waals surface area contributed by atoms with E-state index in [1.54, 1.807) is 6.26 Å². The van der Waals surface area contributed by atoms with Crippen molar-refractivity contribution in [1.29, 1.82) is 0 Å². The Labute approximate surface area is 101 Å². The van der Waals surface area contributed by atoms with E-state index in [0.717, 1.165) is 18.6 Å². The fourth-order valence-corrected chi connectivity index (χ4v) is 2.03. The van der Waals surface area contributed by atoms with Gasteiger partial charge in [0.25, 0.3) is 0 Å². The van der Waals surface area contributed by atoms with Crippen LogP contribution in [0, 0.1) is 11.8 Å². The van der Waals surface area contributed by atoms with E-state index >= 15 is 0 Å². The third-order valence-corrected chi connectivity index (χ3v) is 3.28. The molecule has 94 valence electrons. The van der Waals surface area contributed by atoms with E-state index in [1.165, 1.54) is 0 Å². The second-order valence-electron chi connectivity index (χ2n) is 4.83. The summed E-state index contributed by atoms with van der Waals surface area (Å²) in [6.45, 7) is 2.84. The lowest BCUT2D eigenvalue weighted by molar-refractivity contribution is -0.122. The van der Waals surface area contributed by atoms with Crippen LogP contribution in [0.1, 0.15) is 31.4 Å². The van der Waals surface area contributed by atoms with Crippen molar-refractivity contribution in [2.75, 3.05) is 13.2 Å². The van der Waals surface area contributed by atoms with E-state index in [-0.39, 0.29) is 24.3 Å². The first-order valence-electron chi connectivity index (χ1n) is 6.14. The van der Waals surface area contributed by atoms with Crippen LogP contribution in [0.15, 0.2) is 22.8 Å². The quantitative estimate of drug-likeness (QED) is 0.788. The molecule has 0 aromatic carbocycles. The van der Waals surface area contributed by atoms with Gasteiger partial charge in [0.1, 0.15) is 5.76 Å². The summed E-state index contributed by atoms with van der Waals surface area (Å²) in [6, 6.07) is 3.78. The van der Waals surface area contributed by atoms with E-state index in [9.17, 15) is 4.79 Å². The van der Waals surface area contributed by atoms with Crippen molar-refractivity contribution in [3.05, 3.63) is 24.2 Å². The number of aliphatic hydroxyl groups is 1. The first-order chi connectivity index (χ1) is 8.22. The van der Waals surface area contributed by atoms with Gasteiger partial charge < -0.3 is 14.8 Å². The van der Waals surface area contributed by atoms with Gasteiger partial charge in [-0.15, -0.1) is 0 Å². The molecule has 0 radical (unpaired) electrons. The summed E-state index contributed by atoms with van der Waals surface area (Å²) in [6.07, 6.45) is 3.26. The Balaban J connectivity index is 1.72. The van der Waals surface area contributed by atoms with Gasteiger partial charge in [0, 0.05) is 25.0 Å². The second-order valence-corrected chi connectivity index (χ2v) is 4.83. The number of aliphatic hydroxyl groups excluding tert-OH is 1. The van der Waals surface area contributed by atoms with Gasteiger partial charge >= 0.3 is 0 Å². The molecule has 1 amide bonds. The average molecular weight is 237 g/mol. The maximum absolute atomic E-state index is 11.8. The van der Waals surface area contributed by atoms with Crippen LogP contribution in [0.25, 0.3) is 0 Å². The Hall–Kier alpha value is -1.29. The molecular weight excluding hydrogens is 218 g/mol. The summed E-state index contributed by atoms with van der Waals surface area (Å²) >= 11 is 0.